The molecule has 1 aromatic carbocycles. The van der Waals surface area contributed by atoms with Gasteiger partial charge in [0.05, 0.1) is 0 Å². The summed E-state index contributed by atoms with van der Waals surface area (Å²) >= 11 is 0. The summed E-state index contributed by atoms with van der Waals surface area (Å²) in [7, 11) is 1.99. The first-order valence-corrected chi connectivity index (χ1v) is 5.96. The van der Waals surface area contributed by atoms with E-state index in [4.69, 9.17) is 5.73 Å². The number of aromatic nitrogens is 2. The molecule has 0 aliphatic rings. The Hall–Kier alpha value is -1.94. The lowest BCUT2D eigenvalue weighted by atomic mass is 10.1. The molecule has 0 atom stereocenters. The van der Waals surface area contributed by atoms with Crippen LogP contribution >= 0.6 is 0 Å². The van der Waals surface area contributed by atoms with Crippen molar-refractivity contribution in [3.05, 3.63) is 53.3 Å². The topological polar surface area (TPSA) is 55.0 Å². The van der Waals surface area contributed by atoms with Crippen molar-refractivity contribution in [1.82, 2.24) is 9.97 Å². The van der Waals surface area contributed by atoms with Gasteiger partial charge in [0.15, 0.2) is 0 Å². The van der Waals surface area contributed by atoms with E-state index in [0.717, 1.165) is 23.6 Å². The molecule has 0 unspecified atom stereocenters. The van der Waals surface area contributed by atoms with Crippen molar-refractivity contribution in [2.24, 2.45) is 5.73 Å². The van der Waals surface area contributed by atoms with Crippen LogP contribution in [0.5, 0.6) is 0 Å². The molecule has 1 heterocycles. The van der Waals surface area contributed by atoms with E-state index in [0.29, 0.717) is 6.54 Å². The van der Waals surface area contributed by atoms with E-state index >= 15 is 0 Å². The van der Waals surface area contributed by atoms with E-state index in [2.05, 4.69) is 34.2 Å². The van der Waals surface area contributed by atoms with Crippen molar-refractivity contribution >= 4 is 5.95 Å². The van der Waals surface area contributed by atoms with Crippen LogP contribution in [0.3, 0.4) is 0 Å². The molecule has 2 rings (SSSR count). The van der Waals surface area contributed by atoms with Crippen LogP contribution < -0.4 is 10.6 Å². The molecule has 0 fully saturated rings. The Bertz CT molecular complexity index is 490. The van der Waals surface area contributed by atoms with Gasteiger partial charge in [-0.25, -0.2) is 9.97 Å². The van der Waals surface area contributed by atoms with Crippen molar-refractivity contribution in [3.8, 4) is 0 Å². The quantitative estimate of drug-likeness (QED) is 0.889. The maximum atomic E-state index is 5.58. The Kier molecular flexibility index (Phi) is 3.89. The fourth-order valence-electron chi connectivity index (χ4n) is 1.71. The first-order chi connectivity index (χ1) is 8.69. The fraction of sp³-hybridized carbons (Fsp3) is 0.286. The van der Waals surface area contributed by atoms with Crippen molar-refractivity contribution in [1.29, 1.82) is 0 Å². The molecule has 1 aromatic heterocycles. The second kappa shape index (κ2) is 5.60. The zero-order valence-electron chi connectivity index (χ0n) is 10.8. The van der Waals surface area contributed by atoms with Gasteiger partial charge < -0.3 is 10.6 Å². The molecule has 0 aliphatic heterocycles. The van der Waals surface area contributed by atoms with E-state index in [-0.39, 0.29) is 0 Å². The number of hydrogen-bond acceptors (Lipinski definition) is 4. The molecule has 4 nitrogen and oxygen atoms in total. The molecule has 0 spiro atoms. The number of nitrogens with two attached hydrogens (primary N) is 1. The van der Waals surface area contributed by atoms with Gasteiger partial charge in [0.25, 0.3) is 0 Å². The van der Waals surface area contributed by atoms with Gasteiger partial charge in [-0.2, -0.15) is 0 Å². The third-order valence-electron chi connectivity index (χ3n) is 2.79. The lowest BCUT2D eigenvalue weighted by Crippen LogP contribution is -2.19. The average Bonchev–Trinajstić information content (AvgIpc) is 2.40. The molecule has 0 saturated heterocycles. The molecule has 0 amide bonds. The first-order valence-electron chi connectivity index (χ1n) is 5.96. The molecule has 94 valence electrons. The first kappa shape index (κ1) is 12.5. The van der Waals surface area contributed by atoms with E-state index in [1.807, 2.05) is 31.3 Å². The number of hydrogen-bond donors (Lipinski definition) is 1. The predicted octanol–water partition coefficient (Wildman–Crippen LogP) is 1.88. The summed E-state index contributed by atoms with van der Waals surface area (Å²) in [4.78, 5) is 10.6. The number of nitrogens with zero attached hydrogens (tertiary/aromatic N) is 3. The largest absolute Gasteiger partial charge is 0.340 e. The molecule has 2 N–H and O–H groups in total. The maximum Gasteiger partial charge on any atom is 0.225 e. The molecule has 0 aliphatic carbocycles. The highest BCUT2D eigenvalue weighted by Crippen LogP contribution is 2.11. The van der Waals surface area contributed by atoms with Crippen LogP contribution in [0.2, 0.25) is 0 Å². The predicted molar refractivity (Wildman–Crippen MR) is 73.2 cm³/mol. The smallest absolute Gasteiger partial charge is 0.225 e. The molecular formula is C14H18N4. The van der Waals surface area contributed by atoms with Gasteiger partial charge in [0.1, 0.15) is 0 Å². The minimum absolute atomic E-state index is 0.581. The average molecular weight is 242 g/mol. The monoisotopic (exact) mass is 242 g/mol. The Morgan fingerprint density at radius 1 is 1.06 bits per heavy atom. The minimum Gasteiger partial charge on any atom is -0.340 e. The Morgan fingerprint density at radius 2 is 1.61 bits per heavy atom. The molecular weight excluding hydrogens is 224 g/mol. The normalized spacial score (nSPS) is 10.4. The molecule has 0 saturated carbocycles. The van der Waals surface area contributed by atoms with Crippen molar-refractivity contribution in [2.75, 3.05) is 11.9 Å². The summed E-state index contributed by atoms with van der Waals surface area (Å²) in [5, 5.41) is 0. The molecule has 2 aromatic rings. The second-order valence-corrected chi connectivity index (χ2v) is 4.44. The van der Waals surface area contributed by atoms with Gasteiger partial charge in [-0.15, -0.1) is 0 Å². The van der Waals surface area contributed by atoms with Crippen LogP contribution in [0, 0.1) is 6.92 Å². The van der Waals surface area contributed by atoms with E-state index in [1.54, 1.807) is 0 Å². The van der Waals surface area contributed by atoms with E-state index < -0.39 is 0 Å². The summed E-state index contributed by atoms with van der Waals surface area (Å²) in [5.41, 5.74) is 9.01. The Labute approximate surface area is 107 Å². The highest BCUT2D eigenvalue weighted by molar-refractivity contribution is 5.32. The van der Waals surface area contributed by atoms with Crippen LogP contribution in [0.15, 0.2) is 36.7 Å². The number of rotatable bonds is 4. The van der Waals surface area contributed by atoms with Crippen LogP contribution in [-0.4, -0.2) is 17.0 Å². The number of benzene rings is 1. The lowest BCUT2D eigenvalue weighted by molar-refractivity contribution is 0.862. The van der Waals surface area contributed by atoms with Gasteiger partial charge in [0, 0.05) is 32.5 Å². The SMILES string of the molecule is Cc1cnc(N(C)Cc2ccc(CN)cc2)nc1. The highest BCUT2D eigenvalue weighted by Gasteiger charge is 2.04. The second-order valence-electron chi connectivity index (χ2n) is 4.44. The van der Waals surface area contributed by atoms with Gasteiger partial charge in [0.2, 0.25) is 5.95 Å². The van der Waals surface area contributed by atoms with Crippen LogP contribution in [0.1, 0.15) is 16.7 Å². The lowest BCUT2D eigenvalue weighted by Gasteiger charge is -2.17. The summed E-state index contributed by atoms with van der Waals surface area (Å²) in [5.74, 6) is 0.739. The number of aryl methyl sites for hydroxylation is 1. The van der Waals surface area contributed by atoms with Crippen molar-refractivity contribution in [2.45, 2.75) is 20.0 Å². The molecule has 0 bridgehead atoms. The van der Waals surface area contributed by atoms with E-state index in [9.17, 15) is 0 Å². The zero-order chi connectivity index (χ0) is 13.0. The van der Waals surface area contributed by atoms with E-state index in [1.165, 1.54) is 5.56 Å². The molecule has 0 radical (unpaired) electrons. The van der Waals surface area contributed by atoms with Gasteiger partial charge in [-0.05, 0) is 23.6 Å². The van der Waals surface area contributed by atoms with Crippen molar-refractivity contribution in [3.63, 3.8) is 0 Å². The summed E-state index contributed by atoms with van der Waals surface area (Å²) in [6, 6.07) is 8.29. The maximum absolute atomic E-state index is 5.58. The number of anilines is 1. The highest BCUT2D eigenvalue weighted by atomic mass is 15.2. The van der Waals surface area contributed by atoms with Crippen LogP contribution in [0.25, 0.3) is 0 Å². The summed E-state index contributed by atoms with van der Waals surface area (Å²) < 4.78 is 0. The Morgan fingerprint density at radius 3 is 2.17 bits per heavy atom. The van der Waals surface area contributed by atoms with Gasteiger partial charge in [-0.3, -0.25) is 0 Å². The van der Waals surface area contributed by atoms with Crippen LogP contribution in [-0.2, 0) is 13.1 Å². The molecule has 4 heteroatoms. The summed E-state index contributed by atoms with van der Waals surface area (Å²) in [6.07, 6.45) is 3.66. The summed E-state index contributed by atoms with van der Waals surface area (Å²) in [6.45, 7) is 3.35. The van der Waals surface area contributed by atoms with Gasteiger partial charge in [-0.1, -0.05) is 24.3 Å². The third-order valence-corrected chi connectivity index (χ3v) is 2.79. The third kappa shape index (κ3) is 3.05. The standard InChI is InChI=1S/C14H18N4/c1-11-8-16-14(17-9-11)18(2)10-13-5-3-12(7-15)4-6-13/h3-6,8-9H,7,10,15H2,1-2H3. The Balaban J connectivity index is 2.05. The zero-order valence-corrected chi connectivity index (χ0v) is 10.8. The van der Waals surface area contributed by atoms with Crippen molar-refractivity contribution < 1.29 is 0 Å². The van der Waals surface area contributed by atoms with Gasteiger partial charge >= 0.3 is 0 Å². The minimum atomic E-state index is 0.581. The molecule has 18 heavy (non-hydrogen) atoms. The van der Waals surface area contributed by atoms with Crippen LogP contribution in [0.4, 0.5) is 5.95 Å². The fourth-order valence-corrected chi connectivity index (χ4v) is 1.71.